The number of nitrogens with zero attached hydrogens (tertiary/aromatic N) is 5. The Labute approximate surface area is 201 Å². The third-order valence-electron chi connectivity index (χ3n) is 4.98. The molecule has 3 aromatic rings. The van der Waals surface area contributed by atoms with Crippen LogP contribution in [0.3, 0.4) is 0 Å². The van der Waals surface area contributed by atoms with Crippen LogP contribution >= 0.6 is 22.6 Å². The van der Waals surface area contributed by atoms with Gasteiger partial charge in [0.15, 0.2) is 5.82 Å². The number of fused-ring (bicyclic) bond motifs is 1. The number of ether oxygens (including phenoxy) is 1. The third-order valence-corrected chi connectivity index (χ3v) is 7.41. The maximum Gasteiger partial charge on any atom is 0.407 e. The van der Waals surface area contributed by atoms with Crippen molar-refractivity contribution in [1.29, 1.82) is 0 Å². The molecule has 0 bridgehead atoms. The number of hydrogen-bond donors (Lipinski definition) is 1. The van der Waals surface area contributed by atoms with Gasteiger partial charge in [0, 0.05) is 28.3 Å². The quantitative estimate of drug-likeness (QED) is 0.233. The van der Waals surface area contributed by atoms with E-state index in [0.29, 0.717) is 39.2 Å². The van der Waals surface area contributed by atoms with Gasteiger partial charge in [-0.1, -0.05) is 25.7 Å². The van der Waals surface area contributed by atoms with Crippen LogP contribution in [-0.4, -0.2) is 57.6 Å². The van der Waals surface area contributed by atoms with Crippen LogP contribution < -0.4 is 0 Å². The van der Waals surface area contributed by atoms with Crippen LogP contribution in [0.2, 0.25) is 25.7 Å². The molecule has 0 saturated carbocycles. The Balaban J connectivity index is 1.86. The first-order valence-electron chi connectivity index (χ1n) is 10.2. The predicted octanol–water partition coefficient (Wildman–Crippen LogP) is 4.97. The minimum absolute atomic E-state index is 0.0929. The van der Waals surface area contributed by atoms with Crippen LogP contribution in [0.1, 0.15) is 11.1 Å². The zero-order chi connectivity index (χ0) is 23.6. The van der Waals surface area contributed by atoms with Gasteiger partial charge in [-0.15, -0.1) is 0 Å². The number of benzene rings is 1. The number of carboxylic acid groups (broad SMARTS) is 1. The molecule has 0 atom stereocenters. The van der Waals surface area contributed by atoms with Gasteiger partial charge in [0.1, 0.15) is 27.3 Å². The van der Waals surface area contributed by atoms with E-state index in [1.54, 1.807) is 23.9 Å². The summed E-state index contributed by atoms with van der Waals surface area (Å²) in [5.74, 6) is -0.224. The third kappa shape index (κ3) is 5.81. The fraction of sp³-hybridized carbons (Fsp3) is 0.429. The molecule has 0 aliphatic carbocycles. The minimum Gasteiger partial charge on any atom is -0.465 e. The van der Waals surface area contributed by atoms with Crippen molar-refractivity contribution in [2.24, 2.45) is 0 Å². The first-order chi connectivity index (χ1) is 15.0. The van der Waals surface area contributed by atoms with Crippen molar-refractivity contribution in [2.75, 3.05) is 13.7 Å². The van der Waals surface area contributed by atoms with E-state index in [1.807, 2.05) is 0 Å². The molecule has 0 saturated heterocycles. The Morgan fingerprint density at radius 3 is 2.69 bits per heavy atom. The molecule has 11 heteroatoms. The van der Waals surface area contributed by atoms with Crippen molar-refractivity contribution in [1.82, 2.24) is 24.6 Å². The van der Waals surface area contributed by atoms with Crippen molar-refractivity contribution in [2.45, 2.75) is 45.9 Å². The summed E-state index contributed by atoms with van der Waals surface area (Å²) in [6.07, 6.45) is 0.566. The number of carbonyl (C=O) groups is 1. The minimum atomic E-state index is -1.17. The van der Waals surface area contributed by atoms with Crippen molar-refractivity contribution in [3.8, 4) is 11.4 Å². The second-order valence-corrected chi connectivity index (χ2v) is 15.6. The molecule has 8 nitrogen and oxygen atoms in total. The molecule has 0 fully saturated rings. The van der Waals surface area contributed by atoms with Gasteiger partial charge in [-0.3, -0.25) is 0 Å². The van der Waals surface area contributed by atoms with Crippen LogP contribution in [-0.2, 0) is 18.0 Å². The Morgan fingerprint density at radius 2 is 2.06 bits per heavy atom. The molecule has 0 aliphatic rings. The van der Waals surface area contributed by atoms with Gasteiger partial charge in [-0.25, -0.2) is 23.8 Å². The molecule has 3 rings (SSSR count). The normalized spacial score (nSPS) is 11.8. The van der Waals surface area contributed by atoms with Gasteiger partial charge >= 0.3 is 6.09 Å². The average molecular weight is 571 g/mol. The summed E-state index contributed by atoms with van der Waals surface area (Å²) in [5.41, 5.74) is 2.85. The summed E-state index contributed by atoms with van der Waals surface area (Å²) >= 11 is 2.11. The Hall–Kier alpha value is -2.12. The van der Waals surface area contributed by atoms with E-state index in [4.69, 9.17) is 9.84 Å². The fourth-order valence-electron chi connectivity index (χ4n) is 3.20. The summed E-state index contributed by atoms with van der Waals surface area (Å²) < 4.78 is 23.2. The van der Waals surface area contributed by atoms with Gasteiger partial charge in [-0.05, 0) is 52.8 Å². The lowest BCUT2D eigenvalue weighted by molar-refractivity contribution is 0.0814. The molecule has 2 aromatic heterocycles. The molecule has 0 aliphatic heterocycles. The van der Waals surface area contributed by atoms with Gasteiger partial charge in [0.25, 0.3) is 0 Å². The van der Waals surface area contributed by atoms with Crippen molar-refractivity contribution in [3.05, 3.63) is 39.0 Å². The molecule has 1 N–H and O–H groups in total. The van der Waals surface area contributed by atoms with Crippen LogP contribution in [0.15, 0.2) is 18.3 Å². The lowest BCUT2D eigenvalue weighted by Crippen LogP contribution is -2.24. The molecule has 0 spiro atoms. The van der Waals surface area contributed by atoms with E-state index >= 15 is 0 Å². The van der Waals surface area contributed by atoms with Gasteiger partial charge in [0.05, 0.1) is 11.8 Å². The van der Waals surface area contributed by atoms with E-state index in [1.165, 1.54) is 13.1 Å². The molecule has 2 heterocycles. The van der Waals surface area contributed by atoms with E-state index in [2.05, 4.69) is 57.3 Å². The van der Waals surface area contributed by atoms with Gasteiger partial charge in [-0.2, -0.15) is 5.10 Å². The maximum atomic E-state index is 15.0. The summed E-state index contributed by atoms with van der Waals surface area (Å²) in [7, 11) is 0.273. The SMILES string of the molecule is Cc1cc(CN(C)C(=O)O)cc(F)c1-c1ncc2c(n1)c(I)nn2COCC[Si](C)(C)C. The smallest absolute Gasteiger partial charge is 0.407 e. The number of aromatic nitrogens is 4. The maximum absolute atomic E-state index is 15.0. The van der Waals surface area contributed by atoms with E-state index in [0.717, 1.165) is 16.5 Å². The number of aryl methyl sites for hydroxylation is 1. The fourth-order valence-corrected chi connectivity index (χ4v) is 4.62. The largest absolute Gasteiger partial charge is 0.465 e. The molecule has 172 valence electrons. The lowest BCUT2D eigenvalue weighted by Gasteiger charge is -2.15. The highest BCUT2D eigenvalue weighted by molar-refractivity contribution is 14.1. The number of hydrogen-bond acceptors (Lipinski definition) is 5. The number of halogens is 2. The second kappa shape index (κ2) is 9.79. The van der Waals surface area contributed by atoms with Crippen LogP contribution in [0, 0.1) is 16.4 Å². The van der Waals surface area contributed by atoms with Crippen LogP contribution in [0.4, 0.5) is 9.18 Å². The molecule has 0 radical (unpaired) electrons. The van der Waals surface area contributed by atoms with Gasteiger partial charge < -0.3 is 14.7 Å². The highest BCUT2D eigenvalue weighted by Crippen LogP contribution is 2.28. The number of rotatable bonds is 8. The molecular formula is C21H27FIN5O3Si. The van der Waals surface area contributed by atoms with E-state index < -0.39 is 20.0 Å². The second-order valence-electron chi connectivity index (χ2n) is 8.97. The average Bonchev–Trinajstić information content (AvgIpc) is 2.99. The first-order valence-corrected chi connectivity index (χ1v) is 14.9. The molecule has 1 aromatic carbocycles. The lowest BCUT2D eigenvalue weighted by atomic mass is 10.0. The zero-order valence-corrected chi connectivity index (χ0v) is 22.0. The topological polar surface area (TPSA) is 93.4 Å². The standard InChI is InChI=1S/C21H27FIN5O3Si/c1-13-8-14(11-27(2)21(29)30)9-15(22)17(13)20-24-10-16-18(25-20)19(23)26-28(16)12-31-6-7-32(3,4)5/h8-10H,6-7,11-12H2,1-5H3,(H,29,30). The Bertz CT molecular complexity index is 1130. The van der Waals surface area contributed by atoms with Crippen molar-refractivity contribution >= 4 is 47.8 Å². The highest BCUT2D eigenvalue weighted by atomic mass is 127. The molecule has 1 amide bonds. The summed E-state index contributed by atoms with van der Waals surface area (Å²) in [5, 5.41) is 13.5. The molecule has 0 unspecified atom stereocenters. The van der Waals surface area contributed by atoms with Crippen LogP contribution in [0.5, 0.6) is 0 Å². The van der Waals surface area contributed by atoms with Crippen molar-refractivity contribution < 1.29 is 19.0 Å². The highest BCUT2D eigenvalue weighted by Gasteiger charge is 2.18. The van der Waals surface area contributed by atoms with E-state index in [9.17, 15) is 9.18 Å². The molecule has 32 heavy (non-hydrogen) atoms. The Morgan fingerprint density at radius 1 is 1.34 bits per heavy atom. The van der Waals surface area contributed by atoms with Crippen molar-refractivity contribution in [3.63, 3.8) is 0 Å². The molecular weight excluding hydrogens is 544 g/mol. The predicted molar refractivity (Wildman–Crippen MR) is 132 cm³/mol. The zero-order valence-electron chi connectivity index (χ0n) is 18.8. The summed E-state index contributed by atoms with van der Waals surface area (Å²) in [6, 6.07) is 4.16. The van der Waals surface area contributed by atoms with Crippen LogP contribution in [0.25, 0.3) is 22.4 Å². The van der Waals surface area contributed by atoms with E-state index in [-0.39, 0.29) is 12.4 Å². The number of amides is 1. The van der Waals surface area contributed by atoms with Gasteiger partial charge in [0.2, 0.25) is 0 Å². The summed E-state index contributed by atoms with van der Waals surface area (Å²) in [6.45, 7) is 9.75. The Kier molecular flexibility index (Phi) is 7.50. The first kappa shape index (κ1) is 24.5. The monoisotopic (exact) mass is 571 g/mol. The summed E-state index contributed by atoms with van der Waals surface area (Å²) in [4.78, 5) is 21.1.